The number of aliphatic hydroxyl groups is 1. The molecular formula is C18H21NO3S. The molecular weight excluding hydrogens is 310 g/mol. The normalized spacial score (nSPS) is 21.0. The van der Waals surface area contributed by atoms with Crippen LogP contribution in [0, 0.1) is 6.92 Å². The third-order valence-corrected chi connectivity index (χ3v) is 5.84. The van der Waals surface area contributed by atoms with Crippen molar-refractivity contribution < 1.29 is 13.5 Å². The minimum Gasteiger partial charge on any atom is -0.388 e. The lowest BCUT2D eigenvalue weighted by molar-refractivity contribution is 0.0317. The van der Waals surface area contributed by atoms with E-state index < -0.39 is 15.6 Å². The van der Waals surface area contributed by atoms with E-state index in [0.29, 0.717) is 12.8 Å². The highest BCUT2D eigenvalue weighted by atomic mass is 32.2. The first-order valence-electron chi connectivity index (χ1n) is 7.74. The highest BCUT2D eigenvalue weighted by Gasteiger charge is 2.33. The zero-order valence-electron chi connectivity index (χ0n) is 13.1. The van der Waals surface area contributed by atoms with Gasteiger partial charge in [0.05, 0.1) is 10.5 Å². The summed E-state index contributed by atoms with van der Waals surface area (Å²) < 4.78 is 27.3. The zero-order chi connectivity index (χ0) is 16.5. The highest BCUT2D eigenvalue weighted by molar-refractivity contribution is 7.89. The summed E-state index contributed by atoms with van der Waals surface area (Å²) in [5.41, 5.74) is 2.30. The van der Waals surface area contributed by atoms with Gasteiger partial charge in [0, 0.05) is 13.0 Å². The summed E-state index contributed by atoms with van der Waals surface area (Å²) in [5, 5.41) is 10.7. The standard InChI is InChI=1S/C18H21NO3S/c1-14-6-8-17(9-7-14)23(21,22)19-13-18(20)11-10-15-4-2-3-5-16(15)12-18/h2-9,19-20H,10-13H2,1H3. The van der Waals surface area contributed by atoms with E-state index in [2.05, 4.69) is 10.8 Å². The first-order chi connectivity index (χ1) is 10.9. The van der Waals surface area contributed by atoms with Gasteiger partial charge in [0.15, 0.2) is 0 Å². The smallest absolute Gasteiger partial charge is 0.240 e. The second-order valence-corrected chi connectivity index (χ2v) is 8.07. The Hall–Kier alpha value is -1.69. The number of nitrogens with one attached hydrogen (secondary N) is 1. The number of sulfonamides is 1. The first kappa shape index (κ1) is 16.2. The SMILES string of the molecule is Cc1ccc(S(=O)(=O)NCC2(O)CCc3ccccc3C2)cc1. The molecule has 0 saturated heterocycles. The van der Waals surface area contributed by atoms with E-state index in [4.69, 9.17) is 0 Å². The third kappa shape index (κ3) is 3.63. The van der Waals surface area contributed by atoms with Crippen LogP contribution in [-0.4, -0.2) is 25.7 Å². The van der Waals surface area contributed by atoms with Crippen molar-refractivity contribution in [2.24, 2.45) is 0 Å². The Kier molecular flexibility index (Phi) is 4.27. The number of aryl methyl sites for hydroxylation is 2. The molecule has 0 saturated carbocycles. The van der Waals surface area contributed by atoms with Crippen LogP contribution in [0.3, 0.4) is 0 Å². The largest absolute Gasteiger partial charge is 0.388 e. The molecule has 0 fully saturated rings. The molecule has 5 heteroatoms. The Balaban J connectivity index is 1.71. The molecule has 1 aliphatic rings. The molecule has 0 heterocycles. The number of hydrogen-bond acceptors (Lipinski definition) is 3. The van der Waals surface area contributed by atoms with Gasteiger partial charge in [-0.3, -0.25) is 0 Å². The maximum atomic E-state index is 12.4. The third-order valence-electron chi connectivity index (χ3n) is 4.42. The van der Waals surface area contributed by atoms with Gasteiger partial charge >= 0.3 is 0 Å². The Morgan fingerprint density at radius 3 is 2.43 bits per heavy atom. The van der Waals surface area contributed by atoms with Crippen molar-refractivity contribution >= 4 is 10.0 Å². The lowest BCUT2D eigenvalue weighted by Crippen LogP contribution is -2.46. The van der Waals surface area contributed by atoms with E-state index in [1.807, 2.05) is 25.1 Å². The summed E-state index contributed by atoms with van der Waals surface area (Å²) >= 11 is 0. The molecule has 0 aliphatic heterocycles. The van der Waals surface area contributed by atoms with Gasteiger partial charge in [-0.1, -0.05) is 42.0 Å². The Morgan fingerprint density at radius 1 is 1.09 bits per heavy atom. The number of hydrogen-bond donors (Lipinski definition) is 2. The minimum atomic E-state index is -3.60. The van der Waals surface area contributed by atoms with Crippen molar-refractivity contribution in [1.29, 1.82) is 0 Å². The molecule has 122 valence electrons. The zero-order valence-corrected chi connectivity index (χ0v) is 13.9. The maximum absolute atomic E-state index is 12.4. The average molecular weight is 331 g/mol. The summed E-state index contributed by atoms with van der Waals surface area (Å²) in [4.78, 5) is 0.225. The first-order valence-corrected chi connectivity index (χ1v) is 9.22. The predicted octanol–water partition coefficient (Wildman–Crippen LogP) is 2.19. The van der Waals surface area contributed by atoms with Crippen molar-refractivity contribution in [3.05, 3.63) is 65.2 Å². The van der Waals surface area contributed by atoms with Gasteiger partial charge in [-0.05, 0) is 43.0 Å². The van der Waals surface area contributed by atoms with Gasteiger partial charge in [0.25, 0.3) is 0 Å². The van der Waals surface area contributed by atoms with Crippen LogP contribution < -0.4 is 4.72 Å². The maximum Gasteiger partial charge on any atom is 0.240 e. The number of rotatable bonds is 4. The van der Waals surface area contributed by atoms with Gasteiger partial charge < -0.3 is 5.11 Å². The average Bonchev–Trinajstić information content (AvgIpc) is 2.54. The monoisotopic (exact) mass is 331 g/mol. The van der Waals surface area contributed by atoms with E-state index in [1.165, 1.54) is 5.56 Å². The molecule has 4 nitrogen and oxygen atoms in total. The van der Waals surface area contributed by atoms with Crippen LogP contribution in [0.15, 0.2) is 53.4 Å². The van der Waals surface area contributed by atoms with Crippen LogP contribution in [0.2, 0.25) is 0 Å². The van der Waals surface area contributed by atoms with E-state index >= 15 is 0 Å². The Morgan fingerprint density at radius 2 is 1.74 bits per heavy atom. The van der Waals surface area contributed by atoms with Crippen molar-refractivity contribution in [1.82, 2.24) is 4.72 Å². The molecule has 0 bridgehead atoms. The van der Waals surface area contributed by atoms with Gasteiger partial charge in [0.1, 0.15) is 0 Å². The fourth-order valence-corrected chi connectivity index (χ4v) is 4.08. The summed E-state index contributed by atoms with van der Waals surface area (Å²) in [7, 11) is -3.60. The Labute approximate surface area is 137 Å². The molecule has 2 N–H and O–H groups in total. The van der Waals surface area contributed by atoms with Gasteiger partial charge in [-0.2, -0.15) is 0 Å². The molecule has 2 aromatic rings. The molecule has 0 aromatic heterocycles. The molecule has 2 aromatic carbocycles. The quantitative estimate of drug-likeness (QED) is 0.902. The molecule has 23 heavy (non-hydrogen) atoms. The summed E-state index contributed by atoms with van der Waals surface area (Å²) in [6, 6.07) is 14.7. The van der Waals surface area contributed by atoms with E-state index in [-0.39, 0.29) is 11.4 Å². The fraction of sp³-hybridized carbons (Fsp3) is 0.333. The molecule has 0 spiro atoms. The summed E-state index contributed by atoms with van der Waals surface area (Å²) in [6.07, 6.45) is 1.79. The van der Waals surface area contributed by atoms with Crippen LogP contribution in [0.25, 0.3) is 0 Å². The molecule has 0 radical (unpaired) electrons. The highest BCUT2D eigenvalue weighted by Crippen LogP contribution is 2.28. The summed E-state index contributed by atoms with van der Waals surface area (Å²) in [5.74, 6) is 0. The number of benzene rings is 2. The molecule has 0 amide bonds. The predicted molar refractivity (Wildman–Crippen MR) is 89.8 cm³/mol. The van der Waals surface area contributed by atoms with Crippen LogP contribution in [0.1, 0.15) is 23.1 Å². The van der Waals surface area contributed by atoms with Crippen LogP contribution in [0.5, 0.6) is 0 Å². The number of fused-ring (bicyclic) bond motifs is 1. The second kappa shape index (κ2) is 6.07. The van der Waals surface area contributed by atoms with Crippen LogP contribution in [0.4, 0.5) is 0 Å². The molecule has 3 rings (SSSR count). The van der Waals surface area contributed by atoms with E-state index in [9.17, 15) is 13.5 Å². The van der Waals surface area contributed by atoms with Crippen LogP contribution >= 0.6 is 0 Å². The Bertz CT molecular complexity index is 799. The lowest BCUT2D eigenvalue weighted by atomic mass is 9.80. The molecule has 1 atom stereocenters. The van der Waals surface area contributed by atoms with E-state index in [0.717, 1.165) is 17.5 Å². The van der Waals surface area contributed by atoms with Crippen LogP contribution in [-0.2, 0) is 22.9 Å². The topological polar surface area (TPSA) is 66.4 Å². The summed E-state index contributed by atoms with van der Waals surface area (Å²) in [6.45, 7) is 1.93. The van der Waals surface area contributed by atoms with Crippen molar-refractivity contribution in [3.63, 3.8) is 0 Å². The van der Waals surface area contributed by atoms with Gasteiger partial charge in [-0.25, -0.2) is 13.1 Å². The molecule has 1 aliphatic carbocycles. The fourth-order valence-electron chi connectivity index (χ4n) is 2.97. The molecule has 1 unspecified atom stereocenters. The minimum absolute atomic E-state index is 0.0253. The van der Waals surface area contributed by atoms with Gasteiger partial charge in [0.2, 0.25) is 10.0 Å². The lowest BCUT2D eigenvalue weighted by Gasteiger charge is -2.33. The van der Waals surface area contributed by atoms with Crippen molar-refractivity contribution in [3.8, 4) is 0 Å². The van der Waals surface area contributed by atoms with Crippen molar-refractivity contribution in [2.45, 2.75) is 36.7 Å². The van der Waals surface area contributed by atoms with E-state index in [1.54, 1.807) is 24.3 Å². The van der Waals surface area contributed by atoms with Gasteiger partial charge in [-0.15, -0.1) is 0 Å². The van der Waals surface area contributed by atoms with Crippen molar-refractivity contribution in [2.75, 3.05) is 6.54 Å². The second-order valence-electron chi connectivity index (χ2n) is 6.31.